The summed E-state index contributed by atoms with van der Waals surface area (Å²) in [6.07, 6.45) is 0. The molecule has 1 aromatic rings. The van der Waals surface area contributed by atoms with Gasteiger partial charge in [-0.15, -0.1) is 11.8 Å². The van der Waals surface area contributed by atoms with Gasteiger partial charge in [0.15, 0.2) is 5.78 Å². The van der Waals surface area contributed by atoms with Crippen LogP contribution in [0.15, 0.2) is 30.3 Å². The summed E-state index contributed by atoms with van der Waals surface area (Å²) in [5.74, 6) is 0.188. The van der Waals surface area contributed by atoms with E-state index in [4.69, 9.17) is 0 Å². The molecule has 1 heterocycles. The predicted molar refractivity (Wildman–Crippen MR) is 76.7 cm³/mol. The van der Waals surface area contributed by atoms with Gasteiger partial charge in [-0.2, -0.15) is 0 Å². The van der Waals surface area contributed by atoms with Crippen LogP contribution < -0.4 is 0 Å². The molecule has 0 radical (unpaired) electrons. The lowest BCUT2D eigenvalue weighted by molar-refractivity contribution is 0.0941. The number of alkyl halides is 1. The zero-order chi connectivity index (χ0) is 12.5. The molecule has 0 amide bonds. The number of hydrogen-bond acceptors (Lipinski definition) is 3. The van der Waals surface area contributed by atoms with Crippen LogP contribution in [0, 0.1) is 0 Å². The highest BCUT2D eigenvalue weighted by molar-refractivity contribution is 9.11. The van der Waals surface area contributed by atoms with Gasteiger partial charge in [0.05, 0.1) is 6.54 Å². The van der Waals surface area contributed by atoms with Gasteiger partial charge in [0, 0.05) is 16.9 Å². The maximum absolute atomic E-state index is 12.1. The van der Waals surface area contributed by atoms with Crippen molar-refractivity contribution in [3.63, 3.8) is 0 Å². The average Bonchev–Trinajstić information content (AvgIpc) is 2.53. The second kappa shape index (κ2) is 5.12. The van der Waals surface area contributed by atoms with E-state index in [-0.39, 0.29) is 14.8 Å². The number of carbonyl (C=O) groups excluding carboxylic acids is 1. The molecule has 0 aliphatic carbocycles. The van der Waals surface area contributed by atoms with Gasteiger partial charge in [-0.05, 0) is 13.8 Å². The van der Waals surface area contributed by atoms with E-state index in [9.17, 15) is 4.79 Å². The van der Waals surface area contributed by atoms with Crippen molar-refractivity contribution in [2.75, 3.05) is 13.1 Å². The number of Topliss-reactive ketones (excluding diaryl/α,β-unsaturated/α-hetero) is 1. The highest BCUT2D eigenvalue weighted by Gasteiger charge is 2.37. The van der Waals surface area contributed by atoms with E-state index in [2.05, 4.69) is 34.7 Å². The Labute approximate surface area is 115 Å². The fourth-order valence-corrected chi connectivity index (χ4v) is 4.84. The number of rotatable bonds is 3. The van der Waals surface area contributed by atoms with Crippen LogP contribution in [-0.2, 0) is 0 Å². The first-order chi connectivity index (χ1) is 7.98. The third-order valence-electron chi connectivity index (χ3n) is 2.73. The van der Waals surface area contributed by atoms with Gasteiger partial charge in [-0.3, -0.25) is 9.69 Å². The van der Waals surface area contributed by atoms with E-state index in [0.29, 0.717) is 6.54 Å². The van der Waals surface area contributed by atoms with Crippen LogP contribution in [0.5, 0.6) is 0 Å². The molecule has 17 heavy (non-hydrogen) atoms. The molecule has 1 aliphatic heterocycles. The van der Waals surface area contributed by atoms with Crippen molar-refractivity contribution >= 4 is 33.5 Å². The Kier molecular flexibility index (Phi) is 3.95. The lowest BCUT2D eigenvalue weighted by Gasteiger charge is -2.18. The molecule has 1 aliphatic rings. The normalized spacial score (nSPS) is 23.8. The van der Waals surface area contributed by atoms with E-state index in [1.165, 1.54) is 0 Å². The maximum Gasteiger partial charge on any atom is 0.176 e. The maximum atomic E-state index is 12.1. The van der Waals surface area contributed by atoms with Crippen molar-refractivity contribution in [2.24, 2.45) is 0 Å². The first kappa shape index (κ1) is 13.1. The minimum atomic E-state index is 0.188. The minimum absolute atomic E-state index is 0.188. The number of halogens is 1. The van der Waals surface area contributed by atoms with Crippen molar-refractivity contribution in [3.05, 3.63) is 35.9 Å². The molecule has 2 nitrogen and oxygen atoms in total. The van der Waals surface area contributed by atoms with Crippen LogP contribution in [0.25, 0.3) is 0 Å². The Morgan fingerprint density at radius 3 is 2.65 bits per heavy atom. The number of carbonyl (C=O) groups is 1. The topological polar surface area (TPSA) is 20.3 Å². The molecule has 1 saturated heterocycles. The van der Waals surface area contributed by atoms with Crippen LogP contribution >= 0.6 is 27.7 Å². The van der Waals surface area contributed by atoms with Gasteiger partial charge < -0.3 is 0 Å². The van der Waals surface area contributed by atoms with Crippen molar-refractivity contribution < 1.29 is 4.79 Å². The van der Waals surface area contributed by atoms with Gasteiger partial charge in [0.2, 0.25) is 0 Å². The molecular formula is C13H16BrNOS. The highest BCUT2D eigenvalue weighted by Crippen LogP contribution is 2.41. The number of benzene rings is 1. The van der Waals surface area contributed by atoms with Crippen molar-refractivity contribution in [1.29, 1.82) is 0 Å². The third-order valence-corrected chi connectivity index (χ3v) is 5.13. The van der Waals surface area contributed by atoms with Crippen LogP contribution in [0.1, 0.15) is 24.2 Å². The Hall–Kier alpha value is -0.320. The van der Waals surface area contributed by atoms with Crippen LogP contribution in [0.4, 0.5) is 0 Å². The van der Waals surface area contributed by atoms with E-state index in [1.807, 2.05) is 42.1 Å². The molecular weight excluding hydrogens is 298 g/mol. The lowest BCUT2D eigenvalue weighted by atomic mass is 10.1. The largest absolute Gasteiger partial charge is 0.293 e. The fourth-order valence-electron chi connectivity index (χ4n) is 1.96. The molecule has 0 bridgehead atoms. The van der Waals surface area contributed by atoms with Crippen molar-refractivity contribution in [3.8, 4) is 0 Å². The first-order valence-electron chi connectivity index (χ1n) is 5.62. The van der Waals surface area contributed by atoms with E-state index >= 15 is 0 Å². The van der Waals surface area contributed by atoms with Gasteiger partial charge >= 0.3 is 0 Å². The SMILES string of the molecule is CC1(C)CN(CC(=O)c2ccccc2)C(Br)S1. The molecule has 0 saturated carbocycles. The summed E-state index contributed by atoms with van der Waals surface area (Å²) in [5, 5.41) is 0. The fraction of sp³-hybridized carbons (Fsp3) is 0.462. The first-order valence-corrected chi connectivity index (χ1v) is 7.42. The molecule has 0 N–H and O–H groups in total. The van der Waals surface area contributed by atoms with E-state index in [1.54, 1.807) is 0 Å². The summed E-state index contributed by atoms with van der Waals surface area (Å²) in [5.41, 5.74) is 0.793. The molecule has 0 spiro atoms. The van der Waals surface area contributed by atoms with Crippen molar-refractivity contribution in [1.82, 2.24) is 4.90 Å². The number of nitrogens with zero attached hydrogens (tertiary/aromatic N) is 1. The molecule has 1 atom stereocenters. The minimum Gasteiger partial charge on any atom is -0.293 e. The van der Waals surface area contributed by atoms with Gasteiger partial charge in [0.1, 0.15) is 4.28 Å². The molecule has 1 fully saturated rings. The number of ketones is 1. The molecule has 92 valence electrons. The summed E-state index contributed by atoms with van der Waals surface area (Å²) in [7, 11) is 0. The second-order valence-corrected chi connectivity index (χ2v) is 8.12. The highest BCUT2D eigenvalue weighted by atomic mass is 79.9. The van der Waals surface area contributed by atoms with Crippen LogP contribution in [0.2, 0.25) is 0 Å². The zero-order valence-electron chi connectivity index (χ0n) is 10.0. The molecule has 1 aromatic carbocycles. The molecule has 0 aromatic heterocycles. The Morgan fingerprint density at radius 1 is 1.47 bits per heavy atom. The van der Waals surface area contributed by atoms with E-state index < -0.39 is 0 Å². The summed E-state index contributed by atoms with van der Waals surface area (Å²) >= 11 is 5.48. The monoisotopic (exact) mass is 313 g/mol. The standard InChI is InChI=1S/C13H16BrNOS/c1-13(2)9-15(12(14)17-13)8-11(16)10-6-4-3-5-7-10/h3-7,12H,8-9H2,1-2H3. The Bertz CT molecular complexity index is 407. The summed E-state index contributed by atoms with van der Waals surface area (Å²) in [4.78, 5) is 14.3. The second-order valence-electron chi connectivity index (χ2n) is 4.86. The van der Waals surface area contributed by atoms with Gasteiger partial charge in [0.25, 0.3) is 0 Å². The Balaban J connectivity index is 2.01. The summed E-state index contributed by atoms with van der Waals surface area (Å²) in [6.45, 7) is 5.83. The number of thioether (sulfide) groups is 1. The smallest absolute Gasteiger partial charge is 0.176 e. The predicted octanol–water partition coefficient (Wildman–Crippen LogP) is 3.38. The van der Waals surface area contributed by atoms with Gasteiger partial charge in [-0.25, -0.2) is 0 Å². The number of hydrogen-bond donors (Lipinski definition) is 0. The molecule has 1 unspecified atom stereocenters. The summed E-state index contributed by atoms with van der Waals surface area (Å²) in [6, 6.07) is 9.49. The average molecular weight is 314 g/mol. The Morgan fingerprint density at radius 2 is 2.12 bits per heavy atom. The zero-order valence-corrected chi connectivity index (χ0v) is 12.4. The van der Waals surface area contributed by atoms with Crippen LogP contribution in [-0.4, -0.2) is 32.8 Å². The quantitative estimate of drug-likeness (QED) is 0.485. The van der Waals surface area contributed by atoms with Crippen LogP contribution in [0.3, 0.4) is 0 Å². The molecule has 2 rings (SSSR count). The van der Waals surface area contributed by atoms with Gasteiger partial charge in [-0.1, -0.05) is 46.3 Å². The lowest BCUT2D eigenvalue weighted by Crippen LogP contribution is -2.33. The van der Waals surface area contributed by atoms with E-state index in [0.717, 1.165) is 12.1 Å². The van der Waals surface area contributed by atoms with Crippen molar-refractivity contribution in [2.45, 2.75) is 22.9 Å². The molecule has 4 heteroatoms. The summed E-state index contributed by atoms with van der Waals surface area (Å²) < 4.78 is 0.454. The third kappa shape index (κ3) is 3.33.